The fourth-order valence-corrected chi connectivity index (χ4v) is 2.97. The van der Waals surface area contributed by atoms with Crippen molar-refractivity contribution in [3.05, 3.63) is 68.2 Å². The van der Waals surface area contributed by atoms with Gasteiger partial charge in [-0.3, -0.25) is 0 Å². The summed E-state index contributed by atoms with van der Waals surface area (Å²) in [5.41, 5.74) is 13.8. The van der Waals surface area contributed by atoms with Crippen LogP contribution in [0.3, 0.4) is 0 Å². The zero-order chi connectivity index (χ0) is 14.2. The highest BCUT2D eigenvalue weighted by atomic mass is 79.9. The molecule has 0 bridgehead atoms. The van der Waals surface area contributed by atoms with Crippen molar-refractivity contribution >= 4 is 15.9 Å². The molecule has 0 aromatic heterocycles. The van der Waals surface area contributed by atoms with E-state index in [4.69, 9.17) is 5.73 Å². The van der Waals surface area contributed by atoms with Gasteiger partial charge in [-0.25, -0.2) is 0 Å². The molecule has 0 radical (unpaired) electrons. The Morgan fingerprint density at radius 2 is 1.42 bits per heavy atom. The normalized spacial score (nSPS) is 12.5. The van der Waals surface area contributed by atoms with E-state index in [1.54, 1.807) is 0 Å². The van der Waals surface area contributed by atoms with E-state index in [0.29, 0.717) is 0 Å². The van der Waals surface area contributed by atoms with Gasteiger partial charge in [0.05, 0.1) is 6.04 Å². The molecule has 2 aromatic rings. The summed E-state index contributed by atoms with van der Waals surface area (Å²) < 4.78 is 1.14. The second-order valence-corrected chi connectivity index (χ2v) is 6.21. The van der Waals surface area contributed by atoms with Crippen LogP contribution in [0.2, 0.25) is 0 Å². The Kier molecular flexibility index (Phi) is 4.12. The van der Waals surface area contributed by atoms with Crippen molar-refractivity contribution in [3.63, 3.8) is 0 Å². The summed E-state index contributed by atoms with van der Waals surface area (Å²) >= 11 is 3.57. The molecule has 2 heteroatoms. The number of aryl methyl sites for hydroxylation is 4. The largest absolute Gasteiger partial charge is 0.320 e. The summed E-state index contributed by atoms with van der Waals surface area (Å²) in [6.07, 6.45) is 0. The van der Waals surface area contributed by atoms with E-state index >= 15 is 0 Å². The number of halogens is 1. The SMILES string of the molecule is Cc1cc(C)cc(C(N)c2cc(C)c(Br)cc2C)c1. The highest BCUT2D eigenvalue weighted by Gasteiger charge is 2.13. The maximum absolute atomic E-state index is 6.46. The Morgan fingerprint density at radius 3 is 2.00 bits per heavy atom. The maximum atomic E-state index is 6.46. The van der Waals surface area contributed by atoms with Crippen LogP contribution in [0.4, 0.5) is 0 Å². The van der Waals surface area contributed by atoms with E-state index in [1.165, 1.54) is 33.4 Å². The van der Waals surface area contributed by atoms with Crippen molar-refractivity contribution in [2.75, 3.05) is 0 Å². The van der Waals surface area contributed by atoms with Gasteiger partial charge >= 0.3 is 0 Å². The van der Waals surface area contributed by atoms with Crippen LogP contribution in [-0.2, 0) is 0 Å². The summed E-state index contributed by atoms with van der Waals surface area (Å²) in [5, 5.41) is 0. The lowest BCUT2D eigenvalue weighted by Crippen LogP contribution is -2.14. The third kappa shape index (κ3) is 3.07. The Morgan fingerprint density at radius 1 is 0.842 bits per heavy atom. The lowest BCUT2D eigenvalue weighted by molar-refractivity contribution is 0.855. The van der Waals surface area contributed by atoms with E-state index in [-0.39, 0.29) is 6.04 Å². The van der Waals surface area contributed by atoms with Crippen LogP contribution in [-0.4, -0.2) is 0 Å². The van der Waals surface area contributed by atoms with Gasteiger partial charge in [0.15, 0.2) is 0 Å². The van der Waals surface area contributed by atoms with Gasteiger partial charge in [0.25, 0.3) is 0 Å². The molecule has 0 heterocycles. The zero-order valence-electron chi connectivity index (χ0n) is 11.9. The van der Waals surface area contributed by atoms with Gasteiger partial charge in [0.1, 0.15) is 0 Å². The number of benzene rings is 2. The topological polar surface area (TPSA) is 26.0 Å². The molecule has 100 valence electrons. The molecule has 0 amide bonds. The highest BCUT2D eigenvalue weighted by molar-refractivity contribution is 9.10. The third-order valence-electron chi connectivity index (χ3n) is 3.49. The highest BCUT2D eigenvalue weighted by Crippen LogP contribution is 2.28. The van der Waals surface area contributed by atoms with E-state index in [1.807, 2.05) is 0 Å². The Balaban J connectivity index is 2.49. The number of hydrogen-bond donors (Lipinski definition) is 1. The molecule has 2 N–H and O–H groups in total. The molecule has 0 saturated carbocycles. The maximum Gasteiger partial charge on any atom is 0.0554 e. The van der Waals surface area contributed by atoms with Gasteiger partial charge in [-0.15, -0.1) is 0 Å². The minimum absolute atomic E-state index is 0.0644. The predicted octanol–water partition coefficient (Wildman–Crippen LogP) is 4.73. The Hall–Kier alpha value is -1.12. The van der Waals surface area contributed by atoms with Crippen LogP contribution >= 0.6 is 15.9 Å². The van der Waals surface area contributed by atoms with Gasteiger partial charge in [-0.2, -0.15) is 0 Å². The monoisotopic (exact) mass is 317 g/mol. The lowest BCUT2D eigenvalue weighted by atomic mass is 9.92. The summed E-state index contributed by atoms with van der Waals surface area (Å²) in [4.78, 5) is 0. The Labute approximate surface area is 124 Å². The first-order valence-corrected chi connectivity index (χ1v) is 7.28. The quantitative estimate of drug-likeness (QED) is 0.851. The molecule has 0 spiro atoms. The van der Waals surface area contributed by atoms with Crippen LogP contribution in [0.1, 0.15) is 39.4 Å². The molecule has 0 aliphatic carbocycles. The molecule has 0 fully saturated rings. The second-order valence-electron chi connectivity index (χ2n) is 5.36. The van der Waals surface area contributed by atoms with Crippen molar-refractivity contribution in [1.82, 2.24) is 0 Å². The molecule has 2 rings (SSSR count). The first kappa shape index (κ1) is 14.3. The van der Waals surface area contributed by atoms with E-state index in [2.05, 4.69) is 74.0 Å². The van der Waals surface area contributed by atoms with Gasteiger partial charge in [0, 0.05) is 4.47 Å². The number of nitrogens with two attached hydrogens (primary N) is 1. The van der Waals surface area contributed by atoms with Crippen molar-refractivity contribution in [2.24, 2.45) is 5.73 Å². The fraction of sp³-hybridized carbons (Fsp3) is 0.294. The molecule has 1 unspecified atom stereocenters. The molecular weight excluding hydrogens is 298 g/mol. The van der Waals surface area contributed by atoms with Gasteiger partial charge in [-0.1, -0.05) is 51.3 Å². The number of rotatable bonds is 2. The standard InChI is InChI=1S/C17H20BrN/c1-10-5-11(2)7-14(6-10)17(19)15-8-13(4)16(18)9-12(15)3/h5-9,17H,19H2,1-4H3. The second kappa shape index (κ2) is 5.48. The van der Waals surface area contributed by atoms with E-state index < -0.39 is 0 Å². The fourth-order valence-electron chi connectivity index (χ4n) is 2.51. The molecule has 1 nitrogen and oxygen atoms in total. The van der Waals surface area contributed by atoms with Crippen LogP contribution in [0.5, 0.6) is 0 Å². The first-order valence-electron chi connectivity index (χ1n) is 6.49. The molecule has 0 saturated heterocycles. The van der Waals surface area contributed by atoms with Gasteiger partial charge in [0.2, 0.25) is 0 Å². The molecule has 0 aliphatic heterocycles. The van der Waals surface area contributed by atoms with Crippen molar-refractivity contribution < 1.29 is 0 Å². The summed E-state index contributed by atoms with van der Waals surface area (Å²) in [5.74, 6) is 0. The smallest absolute Gasteiger partial charge is 0.0554 e. The summed E-state index contributed by atoms with van der Waals surface area (Å²) in [6, 6.07) is 10.8. The zero-order valence-corrected chi connectivity index (χ0v) is 13.5. The average molecular weight is 318 g/mol. The predicted molar refractivity (Wildman–Crippen MR) is 85.6 cm³/mol. The first-order chi connectivity index (χ1) is 8.88. The molecule has 0 aliphatic rings. The van der Waals surface area contributed by atoms with E-state index in [0.717, 1.165) is 4.47 Å². The summed E-state index contributed by atoms with van der Waals surface area (Å²) in [6.45, 7) is 8.44. The van der Waals surface area contributed by atoms with Crippen molar-refractivity contribution in [3.8, 4) is 0 Å². The van der Waals surface area contributed by atoms with Gasteiger partial charge < -0.3 is 5.73 Å². The summed E-state index contributed by atoms with van der Waals surface area (Å²) in [7, 11) is 0. The minimum Gasteiger partial charge on any atom is -0.320 e. The third-order valence-corrected chi connectivity index (χ3v) is 4.34. The molecule has 19 heavy (non-hydrogen) atoms. The number of hydrogen-bond acceptors (Lipinski definition) is 1. The van der Waals surface area contributed by atoms with Crippen molar-refractivity contribution in [1.29, 1.82) is 0 Å². The van der Waals surface area contributed by atoms with Crippen LogP contribution in [0, 0.1) is 27.7 Å². The van der Waals surface area contributed by atoms with Crippen molar-refractivity contribution in [2.45, 2.75) is 33.7 Å². The molecule has 1 atom stereocenters. The molecular formula is C17H20BrN. The Bertz CT molecular complexity index is 597. The van der Waals surface area contributed by atoms with Crippen LogP contribution in [0.15, 0.2) is 34.8 Å². The van der Waals surface area contributed by atoms with Crippen LogP contribution in [0.25, 0.3) is 0 Å². The molecule has 2 aromatic carbocycles. The van der Waals surface area contributed by atoms with Crippen LogP contribution < -0.4 is 5.73 Å². The lowest BCUT2D eigenvalue weighted by Gasteiger charge is -2.18. The van der Waals surface area contributed by atoms with E-state index in [9.17, 15) is 0 Å². The average Bonchev–Trinajstić information content (AvgIpc) is 2.31. The minimum atomic E-state index is -0.0644. The van der Waals surface area contributed by atoms with Gasteiger partial charge in [-0.05, 0) is 56.0 Å².